The molecule has 0 unspecified atom stereocenters. The van der Waals surface area contributed by atoms with Gasteiger partial charge in [-0.3, -0.25) is 4.79 Å². The molecule has 5 heteroatoms. The van der Waals surface area contributed by atoms with E-state index in [0.717, 1.165) is 31.5 Å². The van der Waals surface area contributed by atoms with Crippen molar-refractivity contribution in [2.45, 2.75) is 46.1 Å². The molecule has 0 spiro atoms. The molecule has 1 amide bonds. The third-order valence-corrected chi connectivity index (χ3v) is 5.03. The van der Waals surface area contributed by atoms with Crippen LogP contribution in [0.15, 0.2) is 30.5 Å². The van der Waals surface area contributed by atoms with Crippen molar-refractivity contribution in [3.63, 3.8) is 0 Å². The topological polar surface area (TPSA) is 49.3 Å². The molecule has 138 valence electrons. The Hall–Kier alpha value is -2.43. The van der Waals surface area contributed by atoms with Gasteiger partial charge in [0.1, 0.15) is 11.4 Å². The lowest BCUT2D eigenvalue weighted by atomic mass is 10.1. The Morgan fingerprint density at radius 1 is 1.19 bits per heavy atom. The number of rotatable bonds is 4. The Morgan fingerprint density at radius 3 is 2.58 bits per heavy atom. The fraction of sp³-hybridized carbons (Fsp3) is 0.476. The minimum Gasteiger partial charge on any atom is -0.356 e. The SMILES string of the molecule is Cc1cccc(-c2ncc(C(=O)N3CCCCC3)c(N(C)C(C)C)n2)c1. The van der Waals surface area contributed by atoms with Crippen LogP contribution in [-0.2, 0) is 0 Å². The van der Waals surface area contributed by atoms with Gasteiger partial charge >= 0.3 is 0 Å². The van der Waals surface area contributed by atoms with Crippen molar-refractivity contribution >= 4 is 11.7 Å². The van der Waals surface area contributed by atoms with Gasteiger partial charge in [-0.2, -0.15) is 0 Å². The number of piperidine rings is 1. The van der Waals surface area contributed by atoms with E-state index < -0.39 is 0 Å². The van der Waals surface area contributed by atoms with Crippen molar-refractivity contribution in [1.82, 2.24) is 14.9 Å². The van der Waals surface area contributed by atoms with Gasteiger partial charge in [0, 0.05) is 37.9 Å². The van der Waals surface area contributed by atoms with Gasteiger partial charge in [-0.15, -0.1) is 0 Å². The molecule has 1 fully saturated rings. The van der Waals surface area contributed by atoms with E-state index in [4.69, 9.17) is 4.98 Å². The van der Waals surface area contributed by atoms with Gasteiger partial charge in [-0.05, 0) is 46.1 Å². The number of hydrogen-bond donors (Lipinski definition) is 0. The molecule has 0 radical (unpaired) electrons. The maximum absolute atomic E-state index is 13.1. The lowest BCUT2D eigenvalue weighted by molar-refractivity contribution is 0.0724. The molecule has 1 aliphatic rings. The van der Waals surface area contributed by atoms with Crippen LogP contribution in [0, 0.1) is 6.92 Å². The molecule has 0 N–H and O–H groups in total. The summed E-state index contributed by atoms with van der Waals surface area (Å²) in [5.41, 5.74) is 2.73. The molecule has 2 heterocycles. The highest BCUT2D eigenvalue weighted by molar-refractivity contribution is 5.99. The van der Waals surface area contributed by atoms with Crippen molar-refractivity contribution in [3.05, 3.63) is 41.6 Å². The number of aromatic nitrogens is 2. The number of carbonyl (C=O) groups excluding carboxylic acids is 1. The minimum atomic E-state index is 0.0444. The van der Waals surface area contributed by atoms with Gasteiger partial charge in [0.05, 0.1) is 0 Å². The van der Waals surface area contributed by atoms with Crippen LogP contribution in [0.1, 0.15) is 49.0 Å². The molecule has 0 aliphatic carbocycles. The van der Waals surface area contributed by atoms with E-state index in [2.05, 4.69) is 42.8 Å². The van der Waals surface area contributed by atoms with Crippen LogP contribution in [0.4, 0.5) is 5.82 Å². The molecule has 2 aromatic rings. The van der Waals surface area contributed by atoms with Gasteiger partial charge < -0.3 is 9.80 Å². The van der Waals surface area contributed by atoms with Gasteiger partial charge in [0.15, 0.2) is 5.82 Å². The Balaban J connectivity index is 2.02. The summed E-state index contributed by atoms with van der Waals surface area (Å²) in [5.74, 6) is 1.41. The Kier molecular flexibility index (Phi) is 5.55. The Bertz CT molecular complexity index is 781. The fourth-order valence-electron chi connectivity index (χ4n) is 3.23. The largest absolute Gasteiger partial charge is 0.356 e. The predicted octanol–water partition coefficient (Wildman–Crippen LogP) is 3.92. The van der Waals surface area contributed by atoms with E-state index in [0.29, 0.717) is 17.2 Å². The van der Waals surface area contributed by atoms with Crippen molar-refractivity contribution in [1.29, 1.82) is 0 Å². The summed E-state index contributed by atoms with van der Waals surface area (Å²) in [7, 11) is 1.99. The summed E-state index contributed by atoms with van der Waals surface area (Å²) < 4.78 is 0. The van der Waals surface area contributed by atoms with Crippen molar-refractivity contribution < 1.29 is 4.79 Å². The monoisotopic (exact) mass is 352 g/mol. The normalized spacial score (nSPS) is 14.6. The van der Waals surface area contributed by atoms with Crippen LogP contribution < -0.4 is 4.90 Å². The lowest BCUT2D eigenvalue weighted by Gasteiger charge is -2.30. The molecular weight excluding hydrogens is 324 g/mol. The maximum Gasteiger partial charge on any atom is 0.259 e. The Labute approximate surface area is 156 Å². The molecule has 1 saturated heterocycles. The highest BCUT2D eigenvalue weighted by atomic mass is 16.2. The third kappa shape index (κ3) is 3.87. The number of benzene rings is 1. The smallest absolute Gasteiger partial charge is 0.259 e. The molecule has 0 saturated carbocycles. The minimum absolute atomic E-state index is 0.0444. The van der Waals surface area contributed by atoms with E-state index in [1.807, 2.05) is 24.1 Å². The molecular formula is C21H28N4O. The van der Waals surface area contributed by atoms with Crippen LogP contribution in [0.5, 0.6) is 0 Å². The van der Waals surface area contributed by atoms with Crippen molar-refractivity contribution in [2.24, 2.45) is 0 Å². The average Bonchev–Trinajstić information content (AvgIpc) is 2.67. The van der Waals surface area contributed by atoms with E-state index in [1.54, 1.807) is 6.20 Å². The maximum atomic E-state index is 13.1. The fourth-order valence-corrected chi connectivity index (χ4v) is 3.23. The molecule has 1 aliphatic heterocycles. The molecule has 0 bridgehead atoms. The number of aryl methyl sites for hydroxylation is 1. The predicted molar refractivity (Wildman–Crippen MR) is 105 cm³/mol. The summed E-state index contributed by atoms with van der Waals surface area (Å²) in [5, 5.41) is 0. The second kappa shape index (κ2) is 7.85. The first-order valence-corrected chi connectivity index (χ1v) is 9.43. The van der Waals surface area contributed by atoms with E-state index in [-0.39, 0.29) is 11.9 Å². The number of carbonyl (C=O) groups is 1. The molecule has 0 atom stereocenters. The van der Waals surface area contributed by atoms with Gasteiger partial charge in [0.2, 0.25) is 0 Å². The highest BCUT2D eigenvalue weighted by Crippen LogP contribution is 2.25. The molecule has 5 nitrogen and oxygen atoms in total. The first-order valence-electron chi connectivity index (χ1n) is 9.43. The number of amides is 1. The van der Waals surface area contributed by atoms with Crippen LogP contribution in [0.25, 0.3) is 11.4 Å². The highest BCUT2D eigenvalue weighted by Gasteiger charge is 2.25. The molecule has 3 rings (SSSR count). The molecule has 1 aromatic heterocycles. The van der Waals surface area contributed by atoms with E-state index in [9.17, 15) is 4.79 Å². The van der Waals surface area contributed by atoms with Gasteiger partial charge in [-0.25, -0.2) is 9.97 Å². The number of likely N-dealkylation sites (tertiary alicyclic amines) is 1. The van der Waals surface area contributed by atoms with E-state index in [1.165, 1.54) is 12.0 Å². The summed E-state index contributed by atoms with van der Waals surface area (Å²) in [6, 6.07) is 8.38. The lowest BCUT2D eigenvalue weighted by Crippen LogP contribution is -2.37. The number of hydrogen-bond acceptors (Lipinski definition) is 4. The van der Waals surface area contributed by atoms with Crippen LogP contribution in [0.3, 0.4) is 0 Å². The van der Waals surface area contributed by atoms with Crippen molar-refractivity contribution in [3.8, 4) is 11.4 Å². The number of nitrogens with zero attached hydrogens (tertiary/aromatic N) is 4. The van der Waals surface area contributed by atoms with Crippen molar-refractivity contribution in [2.75, 3.05) is 25.0 Å². The first-order chi connectivity index (χ1) is 12.5. The third-order valence-electron chi connectivity index (χ3n) is 5.03. The second-order valence-electron chi connectivity index (χ2n) is 7.36. The van der Waals surface area contributed by atoms with Crippen LogP contribution in [0.2, 0.25) is 0 Å². The summed E-state index contributed by atoms with van der Waals surface area (Å²) in [4.78, 5) is 26.4. The zero-order valence-corrected chi connectivity index (χ0v) is 16.2. The van der Waals surface area contributed by atoms with E-state index >= 15 is 0 Å². The van der Waals surface area contributed by atoms with Gasteiger partial charge in [-0.1, -0.05) is 23.8 Å². The Morgan fingerprint density at radius 2 is 1.92 bits per heavy atom. The second-order valence-corrected chi connectivity index (χ2v) is 7.36. The van der Waals surface area contributed by atoms with Crippen LogP contribution in [-0.4, -0.2) is 47.0 Å². The summed E-state index contributed by atoms with van der Waals surface area (Å²) in [6.07, 6.45) is 5.05. The van der Waals surface area contributed by atoms with Gasteiger partial charge in [0.25, 0.3) is 5.91 Å². The zero-order chi connectivity index (χ0) is 18.7. The standard InChI is InChI=1S/C21H28N4O/c1-15(2)24(4)20-18(21(26)25-11-6-5-7-12-25)14-22-19(23-20)17-10-8-9-16(3)13-17/h8-10,13-15H,5-7,11-12H2,1-4H3. The average molecular weight is 352 g/mol. The quantitative estimate of drug-likeness (QED) is 0.837. The molecule has 26 heavy (non-hydrogen) atoms. The molecule has 1 aromatic carbocycles. The number of anilines is 1. The van der Waals surface area contributed by atoms with Crippen LogP contribution >= 0.6 is 0 Å². The first kappa shape index (κ1) is 18.4. The summed E-state index contributed by atoms with van der Waals surface area (Å²) in [6.45, 7) is 7.90. The summed E-state index contributed by atoms with van der Waals surface area (Å²) >= 11 is 0. The zero-order valence-electron chi connectivity index (χ0n) is 16.2.